The predicted molar refractivity (Wildman–Crippen MR) is 101 cm³/mol. The van der Waals surface area contributed by atoms with Crippen molar-refractivity contribution in [3.63, 3.8) is 0 Å². The average molecular weight is 414 g/mol. The molecule has 2 aromatic heterocycles. The third kappa shape index (κ3) is 4.09. The number of carbonyl (C=O) groups excluding carboxylic acids is 1. The normalized spacial score (nSPS) is 10.9. The lowest BCUT2D eigenvalue weighted by atomic mass is 10.1. The number of nitrogens with one attached hydrogen (secondary N) is 1. The quantitative estimate of drug-likeness (QED) is 0.532. The monoisotopic (exact) mass is 413 g/mol. The fraction of sp³-hybridized carbons (Fsp3) is 0.118. The molecule has 0 bridgehead atoms. The topological polar surface area (TPSA) is 116 Å². The molecule has 1 amide bonds. The van der Waals surface area contributed by atoms with Crippen molar-refractivity contribution in [3.05, 3.63) is 59.1 Å². The van der Waals surface area contributed by atoms with E-state index < -0.39 is 11.7 Å². The van der Waals surface area contributed by atoms with Gasteiger partial charge in [-0.25, -0.2) is 4.39 Å². The molecule has 0 atom stereocenters. The van der Waals surface area contributed by atoms with Crippen LogP contribution in [0.5, 0.6) is 0 Å². The standard InChI is InChI=1S/C17H13ClFN9O/c1-10-2-4-12(15(6-10)27-9-20-24-26-27)17-22-25-28(23-17)8-16(29)21-11-3-5-14(19)13(18)7-11/h2-7,9H,8H2,1H3,(H,21,29). The Morgan fingerprint density at radius 2 is 2.07 bits per heavy atom. The zero-order chi connectivity index (χ0) is 20.4. The van der Waals surface area contributed by atoms with Gasteiger partial charge in [0, 0.05) is 11.3 Å². The van der Waals surface area contributed by atoms with Gasteiger partial charge in [-0.1, -0.05) is 17.7 Å². The lowest BCUT2D eigenvalue weighted by Gasteiger charge is -2.06. The molecule has 4 rings (SSSR count). The Hall–Kier alpha value is -3.73. The van der Waals surface area contributed by atoms with E-state index in [0.717, 1.165) is 10.4 Å². The molecule has 0 saturated carbocycles. The van der Waals surface area contributed by atoms with Crippen LogP contribution in [-0.2, 0) is 11.3 Å². The van der Waals surface area contributed by atoms with Crippen molar-refractivity contribution in [2.45, 2.75) is 13.5 Å². The zero-order valence-corrected chi connectivity index (χ0v) is 15.7. The van der Waals surface area contributed by atoms with Crippen LogP contribution in [0, 0.1) is 12.7 Å². The third-order valence-electron chi connectivity index (χ3n) is 3.93. The number of amides is 1. The van der Waals surface area contributed by atoms with Crippen molar-refractivity contribution in [2.75, 3.05) is 5.32 Å². The van der Waals surface area contributed by atoms with E-state index in [1.54, 1.807) is 0 Å². The van der Waals surface area contributed by atoms with E-state index in [0.29, 0.717) is 22.8 Å². The number of tetrazole rings is 2. The molecule has 0 aliphatic carbocycles. The number of benzene rings is 2. The van der Waals surface area contributed by atoms with Gasteiger partial charge in [-0.3, -0.25) is 4.79 Å². The van der Waals surface area contributed by atoms with Crippen LogP contribution in [0.1, 0.15) is 5.56 Å². The average Bonchev–Trinajstić information content (AvgIpc) is 3.37. The summed E-state index contributed by atoms with van der Waals surface area (Å²) in [6.45, 7) is 1.75. The van der Waals surface area contributed by atoms with Crippen LogP contribution in [0.25, 0.3) is 17.1 Å². The number of anilines is 1. The molecule has 1 N–H and O–H groups in total. The largest absolute Gasteiger partial charge is 0.324 e. The van der Waals surface area contributed by atoms with Gasteiger partial charge in [0.25, 0.3) is 0 Å². The van der Waals surface area contributed by atoms with Crippen molar-refractivity contribution in [1.29, 1.82) is 0 Å². The Labute approximate surface area is 168 Å². The van der Waals surface area contributed by atoms with Gasteiger partial charge in [-0.2, -0.15) is 9.48 Å². The molecule has 29 heavy (non-hydrogen) atoms. The van der Waals surface area contributed by atoms with Crippen molar-refractivity contribution < 1.29 is 9.18 Å². The Balaban J connectivity index is 1.53. The molecular formula is C17H13ClFN9O. The van der Waals surface area contributed by atoms with Gasteiger partial charge in [0.2, 0.25) is 11.7 Å². The molecule has 0 aliphatic rings. The maximum Gasteiger partial charge on any atom is 0.248 e. The Morgan fingerprint density at radius 1 is 1.21 bits per heavy atom. The van der Waals surface area contributed by atoms with Crippen molar-refractivity contribution in [3.8, 4) is 17.1 Å². The second-order valence-electron chi connectivity index (χ2n) is 6.10. The van der Waals surface area contributed by atoms with Crippen LogP contribution in [-0.4, -0.2) is 46.3 Å². The molecule has 0 fully saturated rings. The zero-order valence-electron chi connectivity index (χ0n) is 15.0. The van der Waals surface area contributed by atoms with E-state index in [1.807, 2.05) is 25.1 Å². The molecule has 0 unspecified atom stereocenters. The predicted octanol–water partition coefficient (Wildman–Crippen LogP) is 2.06. The summed E-state index contributed by atoms with van der Waals surface area (Å²) in [5.74, 6) is -0.668. The van der Waals surface area contributed by atoms with E-state index in [-0.39, 0.29) is 11.6 Å². The molecule has 0 aliphatic heterocycles. The minimum atomic E-state index is -0.566. The number of hydrogen-bond donors (Lipinski definition) is 1. The van der Waals surface area contributed by atoms with Gasteiger partial charge in [-0.05, 0) is 58.5 Å². The molecule has 12 heteroatoms. The second-order valence-corrected chi connectivity index (χ2v) is 6.50. The maximum absolute atomic E-state index is 13.2. The van der Waals surface area contributed by atoms with Crippen LogP contribution >= 0.6 is 11.6 Å². The van der Waals surface area contributed by atoms with Crippen molar-refractivity contribution >= 4 is 23.2 Å². The van der Waals surface area contributed by atoms with E-state index >= 15 is 0 Å². The summed E-state index contributed by atoms with van der Waals surface area (Å²) in [5.41, 5.74) is 2.70. The van der Waals surface area contributed by atoms with Crippen LogP contribution in [0.15, 0.2) is 42.7 Å². The van der Waals surface area contributed by atoms with Gasteiger partial charge in [0.1, 0.15) is 18.7 Å². The lowest BCUT2D eigenvalue weighted by molar-refractivity contribution is -0.117. The first-order chi connectivity index (χ1) is 14.0. The molecule has 2 aromatic carbocycles. The Kier molecular flexibility index (Phi) is 4.96. The third-order valence-corrected chi connectivity index (χ3v) is 4.22. The van der Waals surface area contributed by atoms with Gasteiger partial charge < -0.3 is 5.32 Å². The number of carbonyl (C=O) groups is 1. The highest BCUT2D eigenvalue weighted by Crippen LogP contribution is 2.24. The van der Waals surface area contributed by atoms with Gasteiger partial charge in [0.05, 0.1) is 10.7 Å². The smallest absolute Gasteiger partial charge is 0.248 e. The molecule has 0 saturated heterocycles. The summed E-state index contributed by atoms with van der Waals surface area (Å²) in [6, 6.07) is 9.51. The molecule has 2 heterocycles. The second kappa shape index (κ2) is 7.72. The summed E-state index contributed by atoms with van der Waals surface area (Å²) in [5, 5.41) is 25.9. The summed E-state index contributed by atoms with van der Waals surface area (Å²) in [4.78, 5) is 13.4. The first kappa shape index (κ1) is 18.6. The molecular weight excluding hydrogens is 401 g/mol. The van der Waals surface area contributed by atoms with Crippen molar-refractivity contribution in [1.82, 2.24) is 40.4 Å². The summed E-state index contributed by atoms with van der Waals surface area (Å²) < 4.78 is 14.7. The highest BCUT2D eigenvalue weighted by atomic mass is 35.5. The Bertz CT molecular complexity index is 1180. The first-order valence-corrected chi connectivity index (χ1v) is 8.74. The molecule has 4 aromatic rings. The van der Waals surface area contributed by atoms with Crippen molar-refractivity contribution in [2.24, 2.45) is 0 Å². The van der Waals surface area contributed by atoms with Gasteiger partial charge in [-0.15, -0.1) is 15.3 Å². The summed E-state index contributed by atoms with van der Waals surface area (Å²) in [7, 11) is 0. The number of hydrogen-bond acceptors (Lipinski definition) is 7. The van der Waals surface area contributed by atoms with E-state index in [2.05, 4.69) is 36.3 Å². The molecule has 0 spiro atoms. The van der Waals surface area contributed by atoms with Crippen LogP contribution in [0.3, 0.4) is 0 Å². The van der Waals surface area contributed by atoms with Crippen LogP contribution in [0.2, 0.25) is 5.02 Å². The number of aryl methyl sites for hydroxylation is 1. The van der Waals surface area contributed by atoms with Gasteiger partial charge in [0.15, 0.2) is 0 Å². The van der Waals surface area contributed by atoms with Crippen LogP contribution in [0.4, 0.5) is 10.1 Å². The number of nitrogens with zero attached hydrogens (tertiary/aromatic N) is 8. The number of aromatic nitrogens is 8. The molecule has 146 valence electrons. The van der Waals surface area contributed by atoms with E-state index in [1.165, 1.54) is 29.2 Å². The minimum absolute atomic E-state index is 0.0848. The lowest BCUT2D eigenvalue weighted by Crippen LogP contribution is -2.20. The number of halogens is 2. The minimum Gasteiger partial charge on any atom is -0.324 e. The SMILES string of the molecule is Cc1ccc(-c2nnn(CC(=O)Nc3ccc(F)c(Cl)c3)n2)c(-n2cnnn2)c1. The fourth-order valence-corrected chi connectivity index (χ4v) is 2.79. The molecule has 10 nitrogen and oxygen atoms in total. The highest BCUT2D eigenvalue weighted by molar-refractivity contribution is 6.31. The van der Waals surface area contributed by atoms with Crippen LogP contribution < -0.4 is 5.32 Å². The van der Waals surface area contributed by atoms with E-state index in [4.69, 9.17) is 11.6 Å². The maximum atomic E-state index is 13.2. The number of rotatable bonds is 5. The highest BCUT2D eigenvalue weighted by Gasteiger charge is 2.15. The first-order valence-electron chi connectivity index (χ1n) is 8.37. The Morgan fingerprint density at radius 3 is 2.83 bits per heavy atom. The summed E-state index contributed by atoms with van der Waals surface area (Å²) >= 11 is 5.71. The molecule has 0 radical (unpaired) electrons. The van der Waals surface area contributed by atoms with E-state index in [9.17, 15) is 9.18 Å². The summed E-state index contributed by atoms with van der Waals surface area (Å²) in [6.07, 6.45) is 1.46. The van der Waals surface area contributed by atoms with Gasteiger partial charge >= 0.3 is 0 Å². The fourth-order valence-electron chi connectivity index (χ4n) is 2.61.